The molecule has 0 aliphatic heterocycles. The summed E-state index contributed by atoms with van der Waals surface area (Å²) in [6, 6.07) is 57.0. The van der Waals surface area contributed by atoms with Crippen LogP contribution in [-0.2, 0) is 0 Å². The molecule has 206 valence electrons. The Labute approximate surface area is 256 Å². The van der Waals surface area contributed by atoms with E-state index in [4.69, 9.17) is 15.0 Å². The summed E-state index contributed by atoms with van der Waals surface area (Å²) in [5.41, 5.74) is 7.66. The molecular formula is C41H27N3. The highest BCUT2D eigenvalue weighted by atomic mass is 15.0. The zero-order chi connectivity index (χ0) is 29.3. The largest absolute Gasteiger partial charge is 0.208 e. The number of benzene rings is 7. The molecule has 8 aromatic rings. The van der Waals surface area contributed by atoms with Crippen molar-refractivity contribution in [2.75, 3.05) is 0 Å². The van der Waals surface area contributed by atoms with Gasteiger partial charge in [-0.25, -0.2) is 15.0 Å². The molecular weight excluding hydrogens is 534 g/mol. The molecule has 0 unspecified atom stereocenters. The van der Waals surface area contributed by atoms with Gasteiger partial charge in [-0.05, 0) is 49.9 Å². The lowest BCUT2D eigenvalue weighted by Gasteiger charge is -2.18. The molecule has 0 fully saturated rings. The summed E-state index contributed by atoms with van der Waals surface area (Å²) in [4.78, 5) is 14.9. The molecule has 3 nitrogen and oxygen atoms in total. The van der Waals surface area contributed by atoms with Crippen molar-refractivity contribution in [2.45, 2.75) is 0 Å². The van der Waals surface area contributed by atoms with Crippen molar-refractivity contribution < 1.29 is 0 Å². The summed E-state index contributed by atoms with van der Waals surface area (Å²) in [5, 5.41) is 4.90. The van der Waals surface area contributed by atoms with Crippen LogP contribution in [0.25, 0.3) is 78.0 Å². The van der Waals surface area contributed by atoms with Crippen LogP contribution in [0.2, 0.25) is 0 Å². The molecule has 0 saturated heterocycles. The van der Waals surface area contributed by atoms with E-state index in [9.17, 15) is 0 Å². The SMILES string of the molecule is c1ccc(-c2nc(-c3ccccc3)nc(-c3cccc(-c4c5ccccc5c(-c5ccccc5)c5ccccc45)c3)n2)cc1. The minimum absolute atomic E-state index is 0.647. The summed E-state index contributed by atoms with van der Waals surface area (Å²) in [6.07, 6.45) is 0. The van der Waals surface area contributed by atoms with Gasteiger partial charge in [0.05, 0.1) is 0 Å². The molecule has 1 aromatic heterocycles. The van der Waals surface area contributed by atoms with Crippen LogP contribution in [0.1, 0.15) is 0 Å². The fraction of sp³-hybridized carbons (Fsp3) is 0. The highest BCUT2D eigenvalue weighted by Crippen LogP contribution is 2.44. The van der Waals surface area contributed by atoms with Crippen molar-refractivity contribution in [1.29, 1.82) is 0 Å². The first-order valence-corrected chi connectivity index (χ1v) is 14.8. The van der Waals surface area contributed by atoms with Gasteiger partial charge < -0.3 is 0 Å². The second-order valence-electron chi connectivity index (χ2n) is 10.8. The van der Waals surface area contributed by atoms with Crippen LogP contribution in [-0.4, -0.2) is 15.0 Å². The first kappa shape index (κ1) is 25.8. The molecule has 0 aliphatic carbocycles. The molecule has 0 saturated carbocycles. The van der Waals surface area contributed by atoms with Gasteiger partial charge in [0.15, 0.2) is 17.5 Å². The minimum Gasteiger partial charge on any atom is -0.208 e. The lowest BCUT2D eigenvalue weighted by molar-refractivity contribution is 1.07. The second kappa shape index (κ2) is 11.0. The first-order chi connectivity index (χ1) is 21.8. The van der Waals surface area contributed by atoms with Crippen LogP contribution in [0.3, 0.4) is 0 Å². The monoisotopic (exact) mass is 561 g/mol. The Balaban J connectivity index is 1.36. The number of hydrogen-bond donors (Lipinski definition) is 0. The average Bonchev–Trinajstić information content (AvgIpc) is 3.11. The van der Waals surface area contributed by atoms with Crippen molar-refractivity contribution in [2.24, 2.45) is 0 Å². The van der Waals surface area contributed by atoms with Crippen molar-refractivity contribution in [1.82, 2.24) is 15.0 Å². The third-order valence-corrected chi connectivity index (χ3v) is 8.10. The highest BCUT2D eigenvalue weighted by molar-refractivity contribution is 6.21. The molecule has 0 spiro atoms. The lowest BCUT2D eigenvalue weighted by atomic mass is 9.86. The predicted molar refractivity (Wildman–Crippen MR) is 182 cm³/mol. The van der Waals surface area contributed by atoms with E-state index in [1.54, 1.807) is 0 Å². The number of nitrogens with zero attached hydrogens (tertiary/aromatic N) is 3. The predicted octanol–water partition coefficient (Wildman–Crippen LogP) is 10.5. The third kappa shape index (κ3) is 4.61. The van der Waals surface area contributed by atoms with Gasteiger partial charge in [-0.2, -0.15) is 0 Å². The Hall–Kier alpha value is -5.93. The topological polar surface area (TPSA) is 38.7 Å². The van der Waals surface area contributed by atoms with Crippen LogP contribution >= 0.6 is 0 Å². The second-order valence-corrected chi connectivity index (χ2v) is 10.8. The van der Waals surface area contributed by atoms with E-state index in [-0.39, 0.29) is 0 Å². The number of hydrogen-bond acceptors (Lipinski definition) is 3. The molecule has 1 heterocycles. The Morgan fingerprint density at radius 2 is 0.568 bits per heavy atom. The van der Waals surface area contributed by atoms with Crippen molar-refractivity contribution in [3.8, 4) is 56.4 Å². The van der Waals surface area contributed by atoms with Gasteiger partial charge in [0, 0.05) is 16.7 Å². The summed E-state index contributed by atoms with van der Waals surface area (Å²) in [5.74, 6) is 1.96. The molecule has 0 aliphatic rings. The number of fused-ring (bicyclic) bond motifs is 2. The molecule has 0 atom stereocenters. The molecule has 44 heavy (non-hydrogen) atoms. The standard InChI is InChI=1S/C41H27N3/c1-4-15-28(16-5-1)37-33-23-10-12-25-35(33)38(36-26-13-11-24-34(36)37)31-21-14-22-32(27-31)41-43-39(29-17-6-2-7-18-29)42-40(44-41)30-19-8-3-9-20-30/h1-27H. The van der Waals surface area contributed by atoms with Gasteiger partial charge in [0.1, 0.15) is 0 Å². The molecule has 7 aromatic carbocycles. The summed E-state index contributed by atoms with van der Waals surface area (Å²) >= 11 is 0. The zero-order valence-corrected chi connectivity index (χ0v) is 23.9. The number of aromatic nitrogens is 3. The van der Waals surface area contributed by atoms with Crippen LogP contribution in [0.5, 0.6) is 0 Å². The van der Waals surface area contributed by atoms with Gasteiger partial charge in [0.2, 0.25) is 0 Å². The van der Waals surface area contributed by atoms with Crippen LogP contribution in [0.15, 0.2) is 164 Å². The fourth-order valence-electron chi connectivity index (χ4n) is 6.11. The Bertz CT molecular complexity index is 2150. The van der Waals surface area contributed by atoms with E-state index in [0.717, 1.165) is 22.3 Å². The third-order valence-electron chi connectivity index (χ3n) is 8.10. The van der Waals surface area contributed by atoms with Gasteiger partial charge in [-0.1, -0.05) is 158 Å². The Morgan fingerprint density at radius 3 is 1.02 bits per heavy atom. The molecule has 8 rings (SSSR count). The van der Waals surface area contributed by atoms with Crippen LogP contribution < -0.4 is 0 Å². The molecule has 0 N–H and O–H groups in total. The maximum absolute atomic E-state index is 4.99. The van der Waals surface area contributed by atoms with Crippen molar-refractivity contribution in [3.63, 3.8) is 0 Å². The molecule has 0 radical (unpaired) electrons. The lowest BCUT2D eigenvalue weighted by Crippen LogP contribution is -2.00. The minimum atomic E-state index is 0.647. The van der Waals surface area contributed by atoms with E-state index in [2.05, 4.69) is 103 Å². The average molecular weight is 562 g/mol. The van der Waals surface area contributed by atoms with Gasteiger partial charge in [0.25, 0.3) is 0 Å². The Morgan fingerprint density at radius 1 is 0.250 bits per heavy atom. The maximum atomic E-state index is 4.99. The molecule has 0 amide bonds. The van der Waals surface area contributed by atoms with Gasteiger partial charge in [-0.15, -0.1) is 0 Å². The van der Waals surface area contributed by atoms with E-state index in [1.807, 2.05) is 60.7 Å². The fourth-order valence-corrected chi connectivity index (χ4v) is 6.11. The van der Waals surface area contributed by atoms with Crippen molar-refractivity contribution in [3.05, 3.63) is 164 Å². The van der Waals surface area contributed by atoms with Gasteiger partial charge in [-0.3, -0.25) is 0 Å². The van der Waals surface area contributed by atoms with Crippen LogP contribution in [0.4, 0.5) is 0 Å². The van der Waals surface area contributed by atoms with E-state index in [1.165, 1.54) is 38.2 Å². The van der Waals surface area contributed by atoms with Crippen LogP contribution in [0, 0.1) is 0 Å². The summed E-state index contributed by atoms with van der Waals surface area (Å²) in [6.45, 7) is 0. The quantitative estimate of drug-likeness (QED) is 0.196. The van der Waals surface area contributed by atoms with Gasteiger partial charge >= 0.3 is 0 Å². The smallest absolute Gasteiger partial charge is 0.164 e. The maximum Gasteiger partial charge on any atom is 0.164 e. The summed E-state index contributed by atoms with van der Waals surface area (Å²) in [7, 11) is 0. The molecule has 0 bridgehead atoms. The normalized spacial score (nSPS) is 11.2. The molecule has 3 heteroatoms. The summed E-state index contributed by atoms with van der Waals surface area (Å²) < 4.78 is 0. The zero-order valence-electron chi connectivity index (χ0n) is 23.9. The number of rotatable bonds is 5. The van der Waals surface area contributed by atoms with E-state index >= 15 is 0 Å². The Kier molecular flexibility index (Phi) is 6.47. The highest BCUT2D eigenvalue weighted by Gasteiger charge is 2.18. The van der Waals surface area contributed by atoms with E-state index in [0.29, 0.717) is 17.5 Å². The first-order valence-electron chi connectivity index (χ1n) is 14.8. The van der Waals surface area contributed by atoms with E-state index < -0.39 is 0 Å². The van der Waals surface area contributed by atoms with Crippen molar-refractivity contribution >= 4 is 21.5 Å².